The van der Waals surface area contributed by atoms with Gasteiger partial charge in [-0.05, 0) is 55.3 Å². The Hall–Kier alpha value is -3.53. The van der Waals surface area contributed by atoms with E-state index < -0.39 is 68.9 Å². The first-order valence-electron chi connectivity index (χ1n) is 11.3. The summed E-state index contributed by atoms with van der Waals surface area (Å²) >= 11 is 0.602. The Balaban J connectivity index is 2.16. The van der Waals surface area contributed by atoms with Gasteiger partial charge in [-0.1, -0.05) is 12.1 Å². The van der Waals surface area contributed by atoms with Crippen molar-refractivity contribution in [3.8, 4) is 0 Å². The van der Waals surface area contributed by atoms with Crippen LogP contribution in [-0.2, 0) is 0 Å². The molecule has 16 heteroatoms. The number of para-hydroxylation sites is 1. The summed E-state index contributed by atoms with van der Waals surface area (Å²) < 4.78 is 107. The number of thioether (sulfide) groups is 2. The fraction of sp³-hybridized carbons (Fsp3) is 0.240. The number of benzene rings is 3. The highest BCUT2D eigenvalue weighted by Crippen LogP contribution is 2.37. The number of hydrogen-bond acceptors (Lipinski definition) is 6. The Kier molecular flexibility index (Phi) is 9.79. The van der Waals surface area contributed by atoms with Crippen LogP contribution >= 0.6 is 23.5 Å². The highest BCUT2D eigenvalue weighted by molar-refractivity contribution is 7.99. The van der Waals surface area contributed by atoms with Gasteiger partial charge in [-0.25, -0.2) is 13.8 Å². The Bertz CT molecular complexity index is 1470. The number of nitrogens with zero attached hydrogens (tertiary/aromatic N) is 2. The first kappa shape index (κ1) is 32.0. The first-order valence-corrected chi connectivity index (χ1v) is 13.3. The summed E-state index contributed by atoms with van der Waals surface area (Å²) in [7, 11) is 0. The third-order valence-corrected chi connectivity index (χ3v) is 7.74. The summed E-state index contributed by atoms with van der Waals surface area (Å²) in [6.07, 6.45) is -9.16. The van der Waals surface area contributed by atoms with Crippen LogP contribution in [0.3, 0.4) is 0 Å². The van der Waals surface area contributed by atoms with E-state index in [1.54, 1.807) is 0 Å². The van der Waals surface area contributed by atoms with Crippen molar-refractivity contribution >= 4 is 46.5 Å². The average molecular weight is 626 g/mol. The molecule has 1 amide bonds. The van der Waals surface area contributed by atoms with Crippen molar-refractivity contribution < 1.29 is 44.8 Å². The summed E-state index contributed by atoms with van der Waals surface area (Å²) in [6.45, 7) is 2.66. The van der Waals surface area contributed by atoms with E-state index >= 15 is 4.39 Å². The van der Waals surface area contributed by atoms with Gasteiger partial charge in [0.05, 0.1) is 22.1 Å². The molecule has 0 aliphatic rings. The number of alkyl halides is 6. The maximum Gasteiger partial charge on any atom is 0.398 e. The molecule has 0 saturated carbocycles. The average Bonchev–Trinajstić information content (AvgIpc) is 2.86. The van der Waals surface area contributed by atoms with Crippen LogP contribution in [0.1, 0.15) is 21.5 Å². The van der Waals surface area contributed by atoms with Gasteiger partial charge in [-0.2, -0.15) is 26.3 Å². The van der Waals surface area contributed by atoms with Crippen LogP contribution in [0.2, 0.25) is 0 Å². The lowest BCUT2D eigenvalue weighted by molar-refractivity contribution is -0.385. The fourth-order valence-electron chi connectivity index (χ4n) is 3.46. The molecular formula is C25H19F8N3O3S2. The summed E-state index contributed by atoms with van der Waals surface area (Å²) in [5, 5.41) is 11.9. The minimum Gasteiger partial charge on any atom is -0.288 e. The van der Waals surface area contributed by atoms with Crippen LogP contribution in [0.25, 0.3) is 0 Å². The van der Waals surface area contributed by atoms with E-state index in [-0.39, 0.29) is 32.7 Å². The van der Waals surface area contributed by atoms with E-state index in [1.165, 1.54) is 26.0 Å². The molecule has 0 spiro atoms. The second kappa shape index (κ2) is 12.5. The number of nitrogens with one attached hydrogen (secondary N) is 1. The van der Waals surface area contributed by atoms with Crippen LogP contribution in [0.4, 0.5) is 52.2 Å². The number of carbonyl (C=O) groups excluding carboxylic acids is 1. The molecule has 0 heterocycles. The molecule has 0 unspecified atom stereocenters. The molecule has 0 fully saturated rings. The van der Waals surface area contributed by atoms with E-state index in [4.69, 9.17) is 0 Å². The molecular weight excluding hydrogens is 606 g/mol. The quantitative estimate of drug-likeness (QED) is 0.111. The van der Waals surface area contributed by atoms with Gasteiger partial charge in [-0.3, -0.25) is 20.3 Å². The number of nitro groups is 1. The SMILES string of the molecule is Cc1cc(F)c(NN(C(=O)c2ccccc2[N+](=O)[O-])c2cc(SCC(F)(F)F)c(C)cc2F)cc1SCC(F)(F)F. The van der Waals surface area contributed by atoms with Crippen molar-refractivity contribution in [2.45, 2.75) is 36.0 Å². The summed E-state index contributed by atoms with van der Waals surface area (Å²) in [5.41, 5.74) is -0.153. The third kappa shape index (κ3) is 8.48. The van der Waals surface area contributed by atoms with Crippen LogP contribution in [0.15, 0.2) is 58.3 Å². The molecule has 1 N–H and O–H groups in total. The molecule has 0 aliphatic heterocycles. The zero-order valence-electron chi connectivity index (χ0n) is 21.0. The summed E-state index contributed by atoms with van der Waals surface area (Å²) in [5.74, 6) is -6.21. The monoisotopic (exact) mass is 625 g/mol. The van der Waals surface area contributed by atoms with Gasteiger partial charge < -0.3 is 0 Å². The Morgan fingerprint density at radius 2 is 1.39 bits per heavy atom. The van der Waals surface area contributed by atoms with Gasteiger partial charge in [-0.15, -0.1) is 23.5 Å². The number of amides is 1. The molecule has 6 nitrogen and oxygen atoms in total. The van der Waals surface area contributed by atoms with E-state index in [1.807, 2.05) is 0 Å². The van der Waals surface area contributed by atoms with Crippen LogP contribution in [-0.4, -0.2) is 34.7 Å². The number of hydrogen-bond donors (Lipinski definition) is 1. The van der Waals surface area contributed by atoms with Crippen molar-refractivity contribution in [2.75, 3.05) is 21.9 Å². The number of halogens is 8. The number of aryl methyl sites for hydroxylation is 2. The van der Waals surface area contributed by atoms with Gasteiger partial charge in [0.1, 0.15) is 22.9 Å². The zero-order chi connectivity index (χ0) is 30.7. The molecule has 0 radical (unpaired) electrons. The molecule has 0 bridgehead atoms. The van der Waals surface area contributed by atoms with Crippen LogP contribution in [0, 0.1) is 35.6 Å². The summed E-state index contributed by atoms with van der Waals surface area (Å²) in [6, 6.07) is 8.01. The number of hydrazine groups is 1. The third-order valence-electron chi connectivity index (χ3n) is 5.30. The molecule has 220 valence electrons. The van der Waals surface area contributed by atoms with Crippen molar-refractivity contribution in [2.24, 2.45) is 0 Å². The molecule has 0 atom stereocenters. The van der Waals surface area contributed by atoms with Crippen LogP contribution in [0.5, 0.6) is 0 Å². The minimum absolute atomic E-state index is 0.0462. The Morgan fingerprint density at radius 3 is 1.93 bits per heavy atom. The lowest BCUT2D eigenvalue weighted by Crippen LogP contribution is -2.38. The summed E-state index contributed by atoms with van der Waals surface area (Å²) in [4.78, 5) is 24.1. The first-order chi connectivity index (χ1) is 19.0. The van der Waals surface area contributed by atoms with E-state index in [9.17, 15) is 45.6 Å². The Labute approximate surface area is 236 Å². The van der Waals surface area contributed by atoms with E-state index in [0.717, 1.165) is 36.4 Å². The van der Waals surface area contributed by atoms with Crippen molar-refractivity contribution in [3.05, 3.63) is 87.0 Å². The minimum atomic E-state index is -4.60. The number of anilines is 2. The van der Waals surface area contributed by atoms with Crippen molar-refractivity contribution in [1.82, 2.24) is 0 Å². The molecule has 0 saturated heterocycles. The molecule has 3 rings (SSSR count). The molecule has 41 heavy (non-hydrogen) atoms. The standard InChI is InChI=1S/C25H19F8N3O3S2/c1-13-7-16(26)18(9-21(13)40-11-24(28,29)30)34-35(23(37)15-5-3-4-6-19(15)36(38)39)20-10-22(14(2)8-17(20)27)41-12-25(31,32)33/h3-10,34H,11-12H2,1-2H3. The Morgan fingerprint density at radius 1 is 0.878 bits per heavy atom. The smallest absolute Gasteiger partial charge is 0.288 e. The maximum atomic E-state index is 15.3. The second-order valence-corrected chi connectivity index (χ2v) is 10.5. The number of carbonyl (C=O) groups is 1. The highest BCUT2D eigenvalue weighted by Gasteiger charge is 2.32. The number of rotatable bonds is 9. The van der Waals surface area contributed by atoms with Gasteiger partial charge in [0.15, 0.2) is 0 Å². The molecule has 0 aromatic heterocycles. The lowest BCUT2D eigenvalue weighted by atomic mass is 10.1. The molecule has 3 aromatic carbocycles. The van der Waals surface area contributed by atoms with Gasteiger partial charge in [0.2, 0.25) is 0 Å². The lowest BCUT2D eigenvalue weighted by Gasteiger charge is -2.26. The largest absolute Gasteiger partial charge is 0.398 e. The predicted octanol–water partition coefficient (Wildman–Crippen LogP) is 8.47. The zero-order valence-corrected chi connectivity index (χ0v) is 22.6. The van der Waals surface area contributed by atoms with Crippen LogP contribution < -0.4 is 10.4 Å². The van der Waals surface area contributed by atoms with Crippen molar-refractivity contribution in [1.29, 1.82) is 0 Å². The highest BCUT2D eigenvalue weighted by atomic mass is 32.2. The van der Waals surface area contributed by atoms with Gasteiger partial charge in [0, 0.05) is 15.9 Å². The normalized spacial score (nSPS) is 11.9. The molecule has 3 aromatic rings. The van der Waals surface area contributed by atoms with Gasteiger partial charge >= 0.3 is 12.4 Å². The topological polar surface area (TPSA) is 75.5 Å². The van der Waals surface area contributed by atoms with Crippen molar-refractivity contribution in [3.63, 3.8) is 0 Å². The second-order valence-electron chi connectivity index (χ2n) is 8.50. The van der Waals surface area contributed by atoms with E-state index in [2.05, 4.69) is 5.43 Å². The fourth-order valence-corrected chi connectivity index (χ4v) is 5.06. The van der Waals surface area contributed by atoms with Gasteiger partial charge in [0.25, 0.3) is 11.6 Å². The predicted molar refractivity (Wildman–Crippen MR) is 139 cm³/mol. The maximum absolute atomic E-state index is 15.3. The number of nitro benzene ring substituents is 1. The molecule has 0 aliphatic carbocycles. The van der Waals surface area contributed by atoms with E-state index in [0.29, 0.717) is 16.8 Å².